The maximum absolute atomic E-state index is 13.1. The van der Waals surface area contributed by atoms with E-state index in [0.717, 1.165) is 0 Å². The molecule has 0 aliphatic carbocycles. The van der Waals surface area contributed by atoms with Crippen molar-refractivity contribution in [2.75, 3.05) is 25.6 Å². The Morgan fingerprint density at radius 2 is 1.95 bits per heavy atom. The van der Waals surface area contributed by atoms with Gasteiger partial charge < -0.3 is 19.3 Å². The van der Waals surface area contributed by atoms with Gasteiger partial charge in [-0.15, -0.1) is 11.8 Å². The lowest BCUT2D eigenvalue weighted by molar-refractivity contribution is -0.419. The van der Waals surface area contributed by atoms with Gasteiger partial charge in [-0.2, -0.15) is 13.2 Å². The molecular weight excluding hydrogens is 289 g/mol. The van der Waals surface area contributed by atoms with Gasteiger partial charge in [0.15, 0.2) is 0 Å². The average molecular weight is 304 g/mol. The summed E-state index contributed by atoms with van der Waals surface area (Å²) in [5.74, 6) is -4.94. The van der Waals surface area contributed by atoms with E-state index in [9.17, 15) is 23.1 Å². The summed E-state index contributed by atoms with van der Waals surface area (Å²) in [6.07, 6.45) is -5.19. The third-order valence-corrected chi connectivity index (χ3v) is 3.68. The third-order valence-electron chi connectivity index (χ3n) is 2.42. The number of carbonyl (C=O) groups excluding carboxylic acids is 1. The predicted molar refractivity (Wildman–Crippen MR) is 60.4 cm³/mol. The number of rotatable bonds is 4. The highest BCUT2D eigenvalue weighted by atomic mass is 32.2. The van der Waals surface area contributed by atoms with Crippen LogP contribution < -0.4 is 0 Å². The molecule has 2 atom stereocenters. The molecular formula is C10H15F3O5S. The smallest absolute Gasteiger partial charge is 0.447 e. The summed E-state index contributed by atoms with van der Waals surface area (Å²) in [6.45, 7) is 2.12. The molecule has 1 fully saturated rings. The van der Waals surface area contributed by atoms with Crippen molar-refractivity contribution in [3.8, 4) is 0 Å². The lowest BCUT2D eigenvalue weighted by Crippen LogP contribution is -2.70. The fraction of sp³-hybridized carbons (Fsp3) is 0.900. The van der Waals surface area contributed by atoms with E-state index in [1.165, 1.54) is 13.8 Å². The first-order chi connectivity index (χ1) is 8.75. The van der Waals surface area contributed by atoms with Gasteiger partial charge in [0.2, 0.25) is 0 Å². The Kier molecular flexibility index (Phi) is 5.10. The van der Waals surface area contributed by atoms with Crippen LogP contribution in [0.2, 0.25) is 0 Å². The molecule has 1 aliphatic heterocycles. The first kappa shape index (κ1) is 16.5. The van der Waals surface area contributed by atoms with Crippen LogP contribution in [0.25, 0.3) is 0 Å². The van der Waals surface area contributed by atoms with Crippen LogP contribution in [-0.4, -0.2) is 53.5 Å². The zero-order valence-corrected chi connectivity index (χ0v) is 11.3. The Bertz CT molecular complexity index is 334. The maximum Gasteiger partial charge on any atom is 0.447 e. The monoisotopic (exact) mass is 304 g/mol. The SMILES string of the molecule is CCOC(=O)C1(SCC)OCCOC1(O)C(F)(F)F. The van der Waals surface area contributed by atoms with Crippen LogP contribution in [0.3, 0.4) is 0 Å². The number of ether oxygens (including phenoxy) is 3. The molecule has 1 saturated heterocycles. The van der Waals surface area contributed by atoms with Crippen molar-refractivity contribution in [3.05, 3.63) is 0 Å². The summed E-state index contributed by atoms with van der Waals surface area (Å²) in [7, 11) is 0. The fourth-order valence-electron chi connectivity index (χ4n) is 1.66. The van der Waals surface area contributed by atoms with E-state index >= 15 is 0 Å². The van der Waals surface area contributed by atoms with Crippen molar-refractivity contribution >= 4 is 17.7 Å². The Balaban J connectivity index is 3.26. The molecule has 19 heavy (non-hydrogen) atoms. The molecule has 0 aromatic heterocycles. The topological polar surface area (TPSA) is 65.0 Å². The molecule has 0 amide bonds. The quantitative estimate of drug-likeness (QED) is 0.790. The molecule has 0 bridgehead atoms. The first-order valence-corrected chi connectivity index (χ1v) is 6.62. The van der Waals surface area contributed by atoms with Crippen LogP contribution in [0.4, 0.5) is 13.2 Å². The molecule has 112 valence electrons. The highest BCUT2D eigenvalue weighted by Gasteiger charge is 2.75. The highest BCUT2D eigenvalue weighted by molar-refractivity contribution is 8.01. The zero-order valence-electron chi connectivity index (χ0n) is 10.5. The molecule has 5 nitrogen and oxygen atoms in total. The van der Waals surface area contributed by atoms with Crippen LogP contribution in [0, 0.1) is 0 Å². The summed E-state index contributed by atoms with van der Waals surface area (Å²) in [5, 5.41) is 9.85. The first-order valence-electron chi connectivity index (χ1n) is 5.63. The van der Waals surface area contributed by atoms with Crippen molar-refractivity contribution in [1.29, 1.82) is 0 Å². The Morgan fingerprint density at radius 3 is 2.42 bits per heavy atom. The molecule has 9 heteroatoms. The van der Waals surface area contributed by atoms with Gasteiger partial charge in [-0.25, -0.2) is 4.79 Å². The van der Waals surface area contributed by atoms with Crippen molar-refractivity contribution in [2.24, 2.45) is 0 Å². The average Bonchev–Trinajstić information content (AvgIpc) is 2.31. The number of hydrogen-bond acceptors (Lipinski definition) is 6. The van der Waals surface area contributed by atoms with Gasteiger partial charge >= 0.3 is 17.9 Å². The van der Waals surface area contributed by atoms with Crippen molar-refractivity contribution in [1.82, 2.24) is 0 Å². The fourth-order valence-corrected chi connectivity index (χ4v) is 2.78. The van der Waals surface area contributed by atoms with Gasteiger partial charge in [0.25, 0.3) is 4.93 Å². The predicted octanol–water partition coefficient (Wildman–Crippen LogP) is 1.30. The molecule has 1 N–H and O–H groups in total. The Morgan fingerprint density at radius 1 is 1.37 bits per heavy atom. The minimum Gasteiger partial charge on any atom is -0.463 e. The van der Waals surface area contributed by atoms with Gasteiger partial charge in [-0.1, -0.05) is 6.92 Å². The van der Waals surface area contributed by atoms with Crippen LogP contribution in [0.5, 0.6) is 0 Å². The second kappa shape index (κ2) is 5.86. The highest BCUT2D eigenvalue weighted by Crippen LogP contribution is 2.50. The van der Waals surface area contributed by atoms with Gasteiger partial charge in [-0.3, -0.25) is 0 Å². The summed E-state index contributed by atoms with van der Waals surface area (Å²) in [5.41, 5.74) is 0. The molecule has 0 aromatic rings. The number of esters is 1. The second-order valence-electron chi connectivity index (χ2n) is 3.61. The standard InChI is InChI=1S/C10H15F3O5S/c1-3-16-7(14)8(19-4-2)9(15,10(11,12)13)18-6-5-17-8/h15H,3-6H2,1-2H3. The van der Waals surface area contributed by atoms with E-state index in [4.69, 9.17) is 4.74 Å². The number of aliphatic hydroxyl groups is 1. The molecule has 2 unspecified atom stereocenters. The number of halogens is 3. The van der Waals surface area contributed by atoms with Crippen LogP contribution in [0.1, 0.15) is 13.8 Å². The van der Waals surface area contributed by atoms with E-state index in [1.54, 1.807) is 0 Å². The summed E-state index contributed by atoms with van der Waals surface area (Å²) < 4.78 is 53.2. The Labute approximate surface area is 112 Å². The summed E-state index contributed by atoms with van der Waals surface area (Å²) in [6, 6.07) is 0. The molecule has 0 saturated carbocycles. The molecule has 0 radical (unpaired) electrons. The van der Waals surface area contributed by atoms with E-state index < -0.39 is 29.5 Å². The molecule has 0 aromatic carbocycles. The van der Waals surface area contributed by atoms with Crippen molar-refractivity contribution in [3.63, 3.8) is 0 Å². The van der Waals surface area contributed by atoms with Crippen LogP contribution in [0.15, 0.2) is 0 Å². The number of carbonyl (C=O) groups is 1. The maximum atomic E-state index is 13.1. The largest absolute Gasteiger partial charge is 0.463 e. The van der Waals surface area contributed by atoms with E-state index in [-0.39, 0.29) is 19.0 Å². The van der Waals surface area contributed by atoms with Gasteiger partial charge in [0, 0.05) is 0 Å². The van der Waals surface area contributed by atoms with Gasteiger partial charge in [0.1, 0.15) is 0 Å². The lowest BCUT2D eigenvalue weighted by Gasteiger charge is -2.46. The van der Waals surface area contributed by atoms with E-state index in [2.05, 4.69) is 9.47 Å². The normalized spacial score (nSPS) is 32.1. The summed E-state index contributed by atoms with van der Waals surface area (Å²) in [4.78, 5) is 9.21. The van der Waals surface area contributed by atoms with Gasteiger partial charge in [0.05, 0.1) is 19.8 Å². The van der Waals surface area contributed by atoms with Gasteiger partial charge in [-0.05, 0) is 12.7 Å². The molecule has 0 spiro atoms. The van der Waals surface area contributed by atoms with Crippen LogP contribution in [-0.2, 0) is 19.0 Å². The number of alkyl halides is 3. The number of thioether (sulfide) groups is 1. The molecule has 1 rings (SSSR count). The molecule has 1 aliphatic rings. The van der Waals surface area contributed by atoms with Crippen molar-refractivity contribution in [2.45, 2.75) is 30.7 Å². The van der Waals surface area contributed by atoms with Crippen LogP contribution >= 0.6 is 11.8 Å². The Hall–Kier alpha value is -0.510. The van der Waals surface area contributed by atoms with E-state index in [0.29, 0.717) is 11.8 Å². The minimum atomic E-state index is -5.19. The summed E-state index contributed by atoms with van der Waals surface area (Å²) >= 11 is 0.490. The number of hydrogen-bond donors (Lipinski definition) is 1. The van der Waals surface area contributed by atoms with Crippen molar-refractivity contribution < 1.29 is 37.3 Å². The third kappa shape index (κ3) is 2.69. The minimum absolute atomic E-state index is 0.0978. The zero-order chi connectivity index (χ0) is 14.7. The lowest BCUT2D eigenvalue weighted by atomic mass is 10.1. The second-order valence-corrected chi connectivity index (χ2v) is 5.05. The van der Waals surface area contributed by atoms with E-state index in [1.807, 2.05) is 0 Å². The molecule has 1 heterocycles.